The van der Waals surface area contributed by atoms with Gasteiger partial charge >= 0.3 is 0 Å². The highest BCUT2D eigenvalue weighted by molar-refractivity contribution is 5.95. The number of carbonyl (C=O) groups is 1. The van der Waals surface area contributed by atoms with E-state index in [1.807, 2.05) is 18.9 Å². The van der Waals surface area contributed by atoms with Crippen molar-refractivity contribution in [2.75, 3.05) is 13.1 Å². The van der Waals surface area contributed by atoms with Crippen LogP contribution in [0.3, 0.4) is 0 Å². The first-order valence-corrected chi connectivity index (χ1v) is 7.53. The van der Waals surface area contributed by atoms with Crippen molar-refractivity contribution in [2.24, 2.45) is 7.05 Å². The van der Waals surface area contributed by atoms with Gasteiger partial charge in [-0.15, -0.1) is 0 Å². The molecule has 1 aromatic rings. The molecule has 1 aliphatic heterocycles. The van der Waals surface area contributed by atoms with Crippen molar-refractivity contribution >= 4 is 5.91 Å². The molecule has 0 spiro atoms. The maximum absolute atomic E-state index is 12.7. The molecule has 1 atom stereocenters. The number of hydrogen-bond acceptors (Lipinski definition) is 3. The number of piperidine rings is 1. The molecule has 2 heterocycles. The van der Waals surface area contributed by atoms with Crippen LogP contribution in [-0.4, -0.2) is 45.8 Å². The molecule has 112 valence electrons. The van der Waals surface area contributed by atoms with Gasteiger partial charge in [-0.3, -0.25) is 9.48 Å². The van der Waals surface area contributed by atoms with Crippen molar-refractivity contribution in [3.05, 3.63) is 17.5 Å². The highest BCUT2D eigenvalue weighted by Gasteiger charge is 2.25. The maximum atomic E-state index is 12.7. The molecule has 0 radical (unpaired) electrons. The minimum Gasteiger partial charge on any atom is -0.335 e. The topological polar surface area (TPSA) is 50.2 Å². The molecule has 5 nitrogen and oxygen atoms in total. The van der Waals surface area contributed by atoms with E-state index in [4.69, 9.17) is 0 Å². The Morgan fingerprint density at radius 3 is 2.80 bits per heavy atom. The zero-order chi connectivity index (χ0) is 14.7. The number of rotatable bonds is 4. The summed E-state index contributed by atoms with van der Waals surface area (Å²) in [6.07, 6.45) is 5.33. The molecular weight excluding hydrogens is 252 g/mol. The fourth-order valence-corrected chi connectivity index (χ4v) is 2.71. The quantitative estimate of drug-likeness (QED) is 0.912. The van der Waals surface area contributed by atoms with E-state index < -0.39 is 0 Å². The molecule has 1 amide bonds. The van der Waals surface area contributed by atoms with E-state index >= 15 is 0 Å². The number of hydrogen-bond donors (Lipinski definition) is 1. The van der Waals surface area contributed by atoms with Crippen LogP contribution >= 0.6 is 0 Å². The zero-order valence-electron chi connectivity index (χ0n) is 13.0. The highest BCUT2D eigenvalue weighted by Crippen LogP contribution is 2.15. The largest absolute Gasteiger partial charge is 0.335 e. The summed E-state index contributed by atoms with van der Waals surface area (Å²) in [6.45, 7) is 7.94. The van der Waals surface area contributed by atoms with Crippen LogP contribution < -0.4 is 5.32 Å². The second-order valence-corrected chi connectivity index (χ2v) is 5.97. The summed E-state index contributed by atoms with van der Waals surface area (Å²) >= 11 is 0. The lowest BCUT2D eigenvalue weighted by Crippen LogP contribution is -2.48. The van der Waals surface area contributed by atoms with E-state index in [2.05, 4.69) is 24.3 Å². The Labute approximate surface area is 121 Å². The lowest BCUT2D eigenvalue weighted by atomic mass is 10.0. The smallest absolute Gasteiger partial charge is 0.257 e. The Bertz CT molecular complexity index is 460. The lowest BCUT2D eigenvalue weighted by molar-refractivity contribution is 0.0676. The van der Waals surface area contributed by atoms with Gasteiger partial charge in [0.1, 0.15) is 0 Å². The number of nitrogens with one attached hydrogen (secondary N) is 1. The van der Waals surface area contributed by atoms with E-state index in [1.54, 1.807) is 10.9 Å². The fraction of sp³-hybridized carbons (Fsp3) is 0.733. The number of amides is 1. The second-order valence-electron chi connectivity index (χ2n) is 5.97. The van der Waals surface area contributed by atoms with Gasteiger partial charge in [0, 0.05) is 31.4 Å². The van der Waals surface area contributed by atoms with Crippen LogP contribution in [-0.2, 0) is 7.05 Å². The predicted molar refractivity (Wildman–Crippen MR) is 79.8 cm³/mol. The molecule has 0 aromatic carbocycles. The minimum absolute atomic E-state index is 0.0953. The van der Waals surface area contributed by atoms with Gasteiger partial charge in [-0.25, -0.2) is 0 Å². The molecule has 0 saturated carbocycles. The van der Waals surface area contributed by atoms with Crippen molar-refractivity contribution in [3.8, 4) is 0 Å². The molecule has 1 aromatic heterocycles. The summed E-state index contributed by atoms with van der Waals surface area (Å²) in [7, 11) is 1.87. The van der Waals surface area contributed by atoms with E-state index in [-0.39, 0.29) is 11.9 Å². The SMILES string of the molecule is Cc1c(C(=O)N(CC2CCCCN2)C(C)C)cnn1C. The average molecular weight is 278 g/mol. The monoisotopic (exact) mass is 278 g/mol. The summed E-state index contributed by atoms with van der Waals surface area (Å²) < 4.78 is 1.75. The summed E-state index contributed by atoms with van der Waals surface area (Å²) in [5, 5.41) is 7.70. The van der Waals surface area contributed by atoms with Crippen LogP contribution in [0.1, 0.15) is 49.2 Å². The van der Waals surface area contributed by atoms with Gasteiger partial charge in [0.05, 0.1) is 11.8 Å². The van der Waals surface area contributed by atoms with Gasteiger partial charge in [0.15, 0.2) is 0 Å². The summed E-state index contributed by atoms with van der Waals surface area (Å²) in [5.74, 6) is 0.0953. The maximum Gasteiger partial charge on any atom is 0.257 e. The van der Waals surface area contributed by atoms with Crippen molar-refractivity contribution in [1.82, 2.24) is 20.0 Å². The third kappa shape index (κ3) is 3.20. The van der Waals surface area contributed by atoms with Crippen LogP contribution in [0.2, 0.25) is 0 Å². The normalized spacial score (nSPS) is 19.4. The van der Waals surface area contributed by atoms with Crippen LogP contribution in [0, 0.1) is 6.92 Å². The van der Waals surface area contributed by atoms with Crippen LogP contribution in [0.25, 0.3) is 0 Å². The van der Waals surface area contributed by atoms with E-state index in [1.165, 1.54) is 12.8 Å². The van der Waals surface area contributed by atoms with E-state index in [0.29, 0.717) is 6.04 Å². The molecule has 1 saturated heterocycles. The standard InChI is InChI=1S/C15H26N4O/c1-11(2)19(10-13-7-5-6-8-16-13)15(20)14-9-17-18(4)12(14)3/h9,11,13,16H,5-8,10H2,1-4H3. The van der Waals surface area contributed by atoms with Gasteiger partial charge in [0.25, 0.3) is 5.91 Å². The Hall–Kier alpha value is -1.36. The number of carbonyl (C=O) groups excluding carboxylic acids is 1. The first kappa shape index (κ1) is 15.0. The molecular formula is C15H26N4O. The molecule has 2 rings (SSSR count). The third-order valence-corrected chi connectivity index (χ3v) is 4.18. The zero-order valence-corrected chi connectivity index (χ0v) is 13.0. The van der Waals surface area contributed by atoms with Gasteiger partial charge in [0.2, 0.25) is 0 Å². The summed E-state index contributed by atoms with van der Waals surface area (Å²) in [6, 6.07) is 0.623. The average Bonchev–Trinajstić information content (AvgIpc) is 2.76. The van der Waals surface area contributed by atoms with Crippen molar-refractivity contribution in [3.63, 3.8) is 0 Å². The predicted octanol–water partition coefficient (Wildman–Crippen LogP) is 1.72. The van der Waals surface area contributed by atoms with Crippen LogP contribution in [0.4, 0.5) is 0 Å². The van der Waals surface area contributed by atoms with E-state index in [0.717, 1.165) is 30.8 Å². The molecule has 1 unspecified atom stereocenters. The fourth-order valence-electron chi connectivity index (χ4n) is 2.71. The molecule has 1 N–H and O–H groups in total. The highest BCUT2D eigenvalue weighted by atomic mass is 16.2. The van der Waals surface area contributed by atoms with Crippen LogP contribution in [0.15, 0.2) is 6.20 Å². The van der Waals surface area contributed by atoms with Gasteiger partial charge in [-0.2, -0.15) is 5.10 Å². The summed E-state index contributed by atoms with van der Waals surface area (Å²) in [5.41, 5.74) is 1.65. The number of aryl methyl sites for hydroxylation is 1. The van der Waals surface area contributed by atoms with E-state index in [9.17, 15) is 4.79 Å². The second kappa shape index (κ2) is 6.39. The Morgan fingerprint density at radius 1 is 1.55 bits per heavy atom. The molecule has 0 aliphatic carbocycles. The Balaban J connectivity index is 2.11. The third-order valence-electron chi connectivity index (χ3n) is 4.18. The van der Waals surface area contributed by atoms with Gasteiger partial charge in [-0.1, -0.05) is 6.42 Å². The molecule has 5 heteroatoms. The molecule has 0 bridgehead atoms. The number of aromatic nitrogens is 2. The Morgan fingerprint density at radius 2 is 2.30 bits per heavy atom. The van der Waals surface area contributed by atoms with Gasteiger partial charge in [-0.05, 0) is 40.2 Å². The lowest BCUT2D eigenvalue weighted by Gasteiger charge is -2.33. The first-order valence-electron chi connectivity index (χ1n) is 7.53. The number of nitrogens with zero attached hydrogens (tertiary/aromatic N) is 3. The van der Waals surface area contributed by atoms with Crippen molar-refractivity contribution < 1.29 is 4.79 Å². The van der Waals surface area contributed by atoms with Crippen LogP contribution in [0.5, 0.6) is 0 Å². The minimum atomic E-state index is 0.0953. The van der Waals surface area contributed by atoms with Crippen molar-refractivity contribution in [2.45, 2.75) is 52.1 Å². The Kier molecular flexibility index (Phi) is 4.81. The molecule has 20 heavy (non-hydrogen) atoms. The van der Waals surface area contributed by atoms with Gasteiger partial charge < -0.3 is 10.2 Å². The van der Waals surface area contributed by atoms with Crippen molar-refractivity contribution in [1.29, 1.82) is 0 Å². The molecule has 1 aliphatic rings. The molecule has 1 fully saturated rings. The first-order chi connectivity index (χ1) is 9.50. The summed E-state index contributed by atoms with van der Waals surface area (Å²) in [4.78, 5) is 14.7.